The van der Waals surface area contributed by atoms with Crippen LogP contribution < -0.4 is 5.73 Å². The summed E-state index contributed by atoms with van der Waals surface area (Å²) in [4.78, 5) is 8.79. The van der Waals surface area contributed by atoms with E-state index in [4.69, 9.17) is 5.73 Å². The molecule has 0 aromatic carbocycles. The van der Waals surface area contributed by atoms with Crippen molar-refractivity contribution in [1.82, 2.24) is 14.5 Å². The fraction of sp³-hybridized carbons (Fsp3) is 0.429. The molecule has 0 aliphatic carbocycles. The van der Waals surface area contributed by atoms with Crippen LogP contribution in [0.5, 0.6) is 0 Å². The van der Waals surface area contributed by atoms with Crippen LogP contribution in [0.15, 0.2) is 30.7 Å². The molecule has 0 radical (unpaired) electrons. The van der Waals surface area contributed by atoms with Crippen LogP contribution in [-0.4, -0.2) is 14.5 Å². The lowest BCUT2D eigenvalue weighted by atomic mass is 10.0. The van der Waals surface area contributed by atoms with Crippen LogP contribution in [0, 0.1) is 0 Å². The summed E-state index contributed by atoms with van der Waals surface area (Å²) in [5, 5.41) is 0. The summed E-state index contributed by atoms with van der Waals surface area (Å²) < 4.78 is 2.12. The van der Waals surface area contributed by atoms with Crippen LogP contribution in [0.3, 0.4) is 0 Å². The van der Waals surface area contributed by atoms with Gasteiger partial charge in [-0.15, -0.1) is 0 Å². The summed E-state index contributed by atoms with van der Waals surface area (Å²) in [6, 6.07) is 3.96. The number of hydrogen-bond acceptors (Lipinski definition) is 3. The number of hydrogen-bond donors (Lipinski definition) is 1. The maximum Gasteiger partial charge on any atom is 0.110 e. The molecule has 0 aliphatic heterocycles. The number of imidazole rings is 1. The SMILES string of the molecule is CCc1cccnc1C(N)Cc1nccn1CC. The summed E-state index contributed by atoms with van der Waals surface area (Å²) >= 11 is 0. The van der Waals surface area contributed by atoms with E-state index in [2.05, 4.69) is 34.4 Å². The molecule has 0 amide bonds. The Bertz CT molecular complexity index is 504. The Morgan fingerprint density at radius 3 is 2.83 bits per heavy atom. The van der Waals surface area contributed by atoms with E-state index in [1.807, 2.05) is 18.5 Å². The standard InChI is InChI=1S/C14H20N4/c1-3-11-6-5-7-17-14(11)12(15)10-13-16-8-9-18(13)4-2/h5-9,12H,3-4,10,15H2,1-2H3. The van der Waals surface area contributed by atoms with Crippen LogP contribution in [0.25, 0.3) is 0 Å². The van der Waals surface area contributed by atoms with Crippen molar-refractivity contribution in [3.63, 3.8) is 0 Å². The predicted octanol–water partition coefficient (Wildman–Crippen LogP) is 2.10. The van der Waals surface area contributed by atoms with E-state index in [0.29, 0.717) is 0 Å². The van der Waals surface area contributed by atoms with Gasteiger partial charge in [0.15, 0.2) is 0 Å². The molecule has 96 valence electrons. The molecule has 2 heterocycles. The molecular weight excluding hydrogens is 224 g/mol. The zero-order valence-corrected chi connectivity index (χ0v) is 11.0. The molecule has 2 rings (SSSR count). The van der Waals surface area contributed by atoms with Crippen LogP contribution in [0.2, 0.25) is 0 Å². The van der Waals surface area contributed by atoms with E-state index < -0.39 is 0 Å². The van der Waals surface area contributed by atoms with Gasteiger partial charge in [0.1, 0.15) is 5.82 Å². The van der Waals surface area contributed by atoms with Gasteiger partial charge in [0.05, 0.1) is 11.7 Å². The predicted molar refractivity (Wildman–Crippen MR) is 72.1 cm³/mol. The smallest absolute Gasteiger partial charge is 0.110 e. The molecule has 0 aliphatic rings. The first-order chi connectivity index (χ1) is 8.76. The molecule has 2 aromatic rings. The summed E-state index contributed by atoms with van der Waals surface area (Å²) in [6.45, 7) is 5.15. The lowest BCUT2D eigenvalue weighted by Crippen LogP contribution is -2.19. The molecule has 0 saturated heterocycles. The molecule has 1 atom stereocenters. The highest BCUT2D eigenvalue weighted by Crippen LogP contribution is 2.17. The van der Waals surface area contributed by atoms with Gasteiger partial charge >= 0.3 is 0 Å². The number of pyridine rings is 1. The molecular formula is C14H20N4. The minimum Gasteiger partial charge on any atom is -0.335 e. The first-order valence-electron chi connectivity index (χ1n) is 6.45. The highest BCUT2D eigenvalue weighted by molar-refractivity contribution is 5.23. The lowest BCUT2D eigenvalue weighted by molar-refractivity contribution is 0.613. The van der Waals surface area contributed by atoms with Gasteiger partial charge < -0.3 is 10.3 Å². The zero-order valence-electron chi connectivity index (χ0n) is 11.0. The third-order valence-corrected chi connectivity index (χ3v) is 3.20. The average molecular weight is 244 g/mol. The maximum absolute atomic E-state index is 6.27. The van der Waals surface area contributed by atoms with E-state index in [1.165, 1.54) is 5.56 Å². The van der Waals surface area contributed by atoms with Gasteiger partial charge in [-0.1, -0.05) is 13.0 Å². The van der Waals surface area contributed by atoms with Gasteiger partial charge in [0.25, 0.3) is 0 Å². The van der Waals surface area contributed by atoms with E-state index in [1.54, 1.807) is 6.20 Å². The summed E-state index contributed by atoms with van der Waals surface area (Å²) in [7, 11) is 0. The fourth-order valence-corrected chi connectivity index (χ4v) is 2.19. The Hall–Kier alpha value is -1.68. The Balaban J connectivity index is 2.19. The molecule has 18 heavy (non-hydrogen) atoms. The molecule has 4 heteroatoms. The highest BCUT2D eigenvalue weighted by atomic mass is 15.1. The third kappa shape index (κ3) is 2.59. The van der Waals surface area contributed by atoms with Crippen molar-refractivity contribution in [3.8, 4) is 0 Å². The minimum absolute atomic E-state index is 0.0890. The number of nitrogens with zero attached hydrogens (tertiary/aromatic N) is 3. The second kappa shape index (κ2) is 5.78. The van der Waals surface area contributed by atoms with Crippen molar-refractivity contribution in [1.29, 1.82) is 0 Å². The van der Waals surface area contributed by atoms with Crippen LogP contribution in [0.1, 0.15) is 37.0 Å². The lowest BCUT2D eigenvalue weighted by Gasteiger charge is -2.14. The maximum atomic E-state index is 6.27. The first kappa shape index (κ1) is 12.8. The Morgan fingerprint density at radius 2 is 2.11 bits per heavy atom. The summed E-state index contributed by atoms with van der Waals surface area (Å²) in [6.07, 6.45) is 7.30. The molecule has 1 unspecified atom stereocenters. The van der Waals surface area contributed by atoms with E-state index >= 15 is 0 Å². The normalized spacial score (nSPS) is 12.6. The second-order valence-electron chi connectivity index (χ2n) is 4.34. The topological polar surface area (TPSA) is 56.7 Å². The van der Waals surface area contributed by atoms with Crippen molar-refractivity contribution in [2.24, 2.45) is 5.73 Å². The molecule has 2 N–H and O–H groups in total. The van der Waals surface area contributed by atoms with Crippen LogP contribution in [-0.2, 0) is 19.4 Å². The average Bonchev–Trinajstić information content (AvgIpc) is 2.85. The molecule has 0 bridgehead atoms. The number of aromatic nitrogens is 3. The Labute approximate surface area is 108 Å². The van der Waals surface area contributed by atoms with Crippen LogP contribution in [0.4, 0.5) is 0 Å². The summed E-state index contributed by atoms with van der Waals surface area (Å²) in [5.41, 5.74) is 8.48. The highest BCUT2D eigenvalue weighted by Gasteiger charge is 2.14. The largest absolute Gasteiger partial charge is 0.335 e. The second-order valence-corrected chi connectivity index (χ2v) is 4.34. The Kier molecular flexibility index (Phi) is 4.10. The molecule has 4 nitrogen and oxygen atoms in total. The van der Waals surface area contributed by atoms with Crippen molar-refractivity contribution in [2.45, 2.75) is 39.3 Å². The van der Waals surface area contributed by atoms with Crippen LogP contribution >= 0.6 is 0 Å². The molecule has 0 spiro atoms. The van der Waals surface area contributed by atoms with E-state index in [9.17, 15) is 0 Å². The van der Waals surface area contributed by atoms with E-state index in [-0.39, 0.29) is 6.04 Å². The van der Waals surface area contributed by atoms with Gasteiger partial charge in [0, 0.05) is 31.6 Å². The monoisotopic (exact) mass is 244 g/mol. The number of nitrogens with two attached hydrogens (primary N) is 1. The van der Waals surface area contributed by atoms with Crippen molar-refractivity contribution in [3.05, 3.63) is 47.8 Å². The summed E-state index contributed by atoms with van der Waals surface area (Å²) in [5.74, 6) is 1.03. The quantitative estimate of drug-likeness (QED) is 0.876. The number of aryl methyl sites for hydroxylation is 2. The Morgan fingerprint density at radius 1 is 1.28 bits per heavy atom. The van der Waals surface area contributed by atoms with Gasteiger partial charge in [-0.25, -0.2) is 4.98 Å². The first-order valence-corrected chi connectivity index (χ1v) is 6.45. The molecule has 0 saturated carbocycles. The van der Waals surface area contributed by atoms with Gasteiger partial charge in [0.2, 0.25) is 0 Å². The van der Waals surface area contributed by atoms with Crippen molar-refractivity contribution in [2.75, 3.05) is 0 Å². The van der Waals surface area contributed by atoms with Crippen molar-refractivity contribution >= 4 is 0 Å². The minimum atomic E-state index is -0.0890. The van der Waals surface area contributed by atoms with Crippen molar-refractivity contribution < 1.29 is 0 Å². The molecule has 0 fully saturated rings. The van der Waals surface area contributed by atoms with Gasteiger partial charge in [-0.3, -0.25) is 4.98 Å². The van der Waals surface area contributed by atoms with Gasteiger partial charge in [-0.2, -0.15) is 0 Å². The zero-order chi connectivity index (χ0) is 13.0. The van der Waals surface area contributed by atoms with Gasteiger partial charge in [-0.05, 0) is 25.0 Å². The van der Waals surface area contributed by atoms with E-state index in [0.717, 1.165) is 30.9 Å². The third-order valence-electron chi connectivity index (χ3n) is 3.20. The fourth-order valence-electron chi connectivity index (χ4n) is 2.19. The number of rotatable bonds is 5. The molecule has 2 aromatic heterocycles.